The van der Waals surface area contributed by atoms with Gasteiger partial charge in [0.2, 0.25) is 0 Å². The van der Waals surface area contributed by atoms with Crippen molar-refractivity contribution in [3.05, 3.63) is 35.9 Å². The maximum Gasteiger partial charge on any atom is 0.148 e. The van der Waals surface area contributed by atoms with Crippen LogP contribution in [-0.2, 0) is 9.84 Å². The topological polar surface area (TPSA) is 63.4 Å². The van der Waals surface area contributed by atoms with Crippen LogP contribution in [0.5, 0.6) is 0 Å². The minimum absolute atomic E-state index is 0.0549. The third kappa shape index (κ3) is 6.13. The first-order valence-corrected chi connectivity index (χ1v) is 8.47. The van der Waals surface area contributed by atoms with E-state index in [-0.39, 0.29) is 11.7 Å². The number of hydrogen-bond donors (Lipinski definition) is 1. The average molecular weight is 300 g/mol. The molecule has 1 aromatic carbocycles. The minimum Gasteiger partial charge on any atom is -0.393 e. The second kappa shape index (κ2) is 6.98. The Bertz CT molecular complexity index is 515. The zero-order chi connectivity index (χ0) is 14.5. The summed E-state index contributed by atoms with van der Waals surface area (Å²) in [5.74, 6) is 0.0864. The van der Waals surface area contributed by atoms with Crippen molar-refractivity contribution >= 4 is 27.0 Å². The molecule has 0 saturated carbocycles. The molecule has 6 heteroatoms. The predicted octanol–water partition coefficient (Wildman–Crippen LogP) is 1.03. The van der Waals surface area contributed by atoms with Crippen LogP contribution in [0.3, 0.4) is 0 Å². The van der Waals surface area contributed by atoms with Gasteiger partial charge in [-0.15, -0.1) is 0 Å². The highest BCUT2D eigenvalue weighted by molar-refractivity contribution is 7.90. The van der Waals surface area contributed by atoms with Crippen molar-refractivity contribution in [1.29, 1.82) is 0 Å². The van der Waals surface area contributed by atoms with E-state index in [1.165, 1.54) is 6.26 Å². The summed E-state index contributed by atoms with van der Waals surface area (Å²) >= 11 is 5.11. The van der Waals surface area contributed by atoms with Crippen molar-refractivity contribution in [3.8, 4) is 0 Å². The summed E-state index contributed by atoms with van der Waals surface area (Å²) in [6.07, 6.45) is 1.24. The van der Waals surface area contributed by atoms with Crippen LogP contribution in [0.1, 0.15) is 11.5 Å². The van der Waals surface area contributed by atoms with Crippen LogP contribution in [0, 0.1) is 0 Å². The fraction of sp³-hybridized carbons (Fsp3) is 0.462. The molecule has 1 aromatic rings. The van der Waals surface area contributed by atoms with Crippen molar-refractivity contribution in [2.24, 2.45) is 5.73 Å². The third-order valence-electron chi connectivity index (χ3n) is 2.88. The van der Waals surface area contributed by atoms with Crippen molar-refractivity contribution in [2.45, 2.75) is 5.92 Å². The van der Waals surface area contributed by atoms with Gasteiger partial charge in [0.1, 0.15) is 9.84 Å². The van der Waals surface area contributed by atoms with Gasteiger partial charge in [0.05, 0.1) is 10.7 Å². The summed E-state index contributed by atoms with van der Waals surface area (Å²) in [5.41, 5.74) is 6.84. The van der Waals surface area contributed by atoms with E-state index in [2.05, 4.69) is 0 Å². The Morgan fingerprint density at radius 3 is 2.42 bits per heavy atom. The third-order valence-corrected chi connectivity index (χ3v) is 4.09. The van der Waals surface area contributed by atoms with Crippen molar-refractivity contribution < 1.29 is 8.42 Å². The quantitative estimate of drug-likeness (QED) is 0.762. The lowest BCUT2D eigenvalue weighted by Gasteiger charge is -2.23. The molecule has 0 fully saturated rings. The molecule has 0 saturated heterocycles. The van der Waals surface area contributed by atoms with Crippen molar-refractivity contribution in [2.75, 3.05) is 32.1 Å². The Morgan fingerprint density at radius 2 is 1.95 bits per heavy atom. The highest BCUT2D eigenvalue weighted by Gasteiger charge is 2.17. The maximum atomic E-state index is 11.1. The van der Waals surface area contributed by atoms with E-state index in [1.54, 1.807) is 0 Å². The summed E-state index contributed by atoms with van der Waals surface area (Å²) in [6, 6.07) is 9.78. The number of thiocarbonyl (C=S) groups is 1. The molecule has 0 radical (unpaired) electrons. The molecule has 106 valence electrons. The van der Waals surface area contributed by atoms with Crippen molar-refractivity contribution in [3.63, 3.8) is 0 Å². The monoisotopic (exact) mass is 300 g/mol. The second-order valence-corrected chi connectivity index (χ2v) is 7.49. The molecule has 19 heavy (non-hydrogen) atoms. The molecule has 0 aliphatic carbocycles. The summed E-state index contributed by atoms with van der Waals surface area (Å²) in [7, 11) is -1.07. The smallest absolute Gasteiger partial charge is 0.148 e. The van der Waals surface area contributed by atoms with Crippen LogP contribution in [0.2, 0.25) is 0 Å². The van der Waals surface area contributed by atoms with Crippen LogP contribution >= 0.6 is 12.2 Å². The molecule has 0 aliphatic rings. The Kier molecular flexibility index (Phi) is 5.90. The van der Waals surface area contributed by atoms with Gasteiger partial charge in [-0.1, -0.05) is 42.5 Å². The first-order chi connectivity index (χ1) is 8.79. The van der Waals surface area contributed by atoms with E-state index < -0.39 is 9.84 Å². The zero-order valence-corrected chi connectivity index (χ0v) is 12.9. The number of hydrogen-bond acceptors (Lipinski definition) is 4. The van der Waals surface area contributed by atoms with Gasteiger partial charge in [-0.25, -0.2) is 8.42 Å². The Balaban J connectivity index is 2.67. The normalized spacial score (nSPS) is 13.4. The Hall–Kier alpha value is -0.980. The van der Waals surface area contributed by atoms with Crippen LogP contribution in [0.15, 0.2) is 30.3 Å². The molecule has 1 rings (SSSR count). The lowest BCUT2D eigenvalue weighted by molar-refractivity contribution is 0.349. The summed E-state index contributed by atoms with van der Waals surface area (Å²) < 4.78 is 22.3. The highest BCUT2D eigenvalue weighted by atomic mass is 32.2. The molecule has 0 bridgehead atoms. The molecule has 0 amide bonds. The fourth-order valence-electron chi connectivity index (χ4n) is 1.77. The summed E-state index contributed by atoms with van der Waals surface area (Å²) in [5, 5.41) is 0. The first-order valence-electron chi connectivity index (χ1n) is 6.00. The molecule has 0 aromatic heterocycles. The van der Waals surface area contributed by atoms with Gasteiger partial charge in [-0.05, 0) is 12.6 Å². The molecule has 1 atom stereocenters. The molecule has 0 spiro atoms. The molecule has 0 aliphatic heterocycles. The van der Waals surface area contributed by atoms with E-state index in [4.69, 9.17) is 18.0 Å². The molecule has 2 N–H and O–H groups in total. The lowest BCUT2D eigenvalue weighted by Crippen LogP contribution is -2.34. The van der Waals surface area contributed by atoms with E-state index in [0.29, 0.717) is 18.1 Å². The summed E-state index contributed by atoms with van der Waals surface area (Å²) in [4.78, 5) is 2.37. The lowest BCUT2D eigenvalue weighted by atomic mass is 9.99. The first kappa shape index (κ1) is 16.1. The number of sulfone groups is 1. The summed E-state index contributed by atoms with van der Waals surface area (Å²) in [6.45, 7) is 1.10. The number of rotatable bonds is 7. The SMILES string of the molecule is CN(CCS(C)(=O)=O)CC(C(N)=S)c1ccccc1. The molecule has 1 unspecified atom stereocenters. The van der Waals surface area contributed by atoms with Gasteiger partial charge in [0.15, 0.2) is 0 Å². The second-order valence-electron chi connectivity index (χ2n) is 4.76. The molecule has 4 nitrogen and oxygen atoms in total. The van der Waals surface area contributed by atoms with Crippen LogP contribution in [0.4, 0.5) is 0 Å². The van der Waals surface area contributed by atoms with Crippen LogP contribution in [-0.4, -0.2) is 50.5 Å². The van der Waals surface area contributed by atoms with Gasteiger partial charge in [0.25, 0.3) is 0 Å². The van der Waals surface area contributed by atoms with Gasteiger partial charge >= 0.3 is 0 Å². The van der Waals surface area contributed by atoms with Gasteiger partial charge < -0.3 is 10.6 Å². The predicted molar refractivity (Wildman–Crippen MR) is 83.2 cm³/mol. The fourth-order valence-corrected chi connectivity index (χ4v) is 2.62. The Labute approximate surface area is 120 Å². The number of benzene rings is 1. The van der Waals surface area contributed by atoms with Crippen LogP contribution < -0.4 is 5.73 Å². The van der Waals surface area contributed by atoms with E-state index >= 15 is 0 Å². The average Bonchev–Trinajstić information content (AvgIpc) is 2.33. The number of nitrogens with zero attached hydrogens (tertiary/aromatic N) is 1. The molecular weight excluding hydrogens is 280 g/mol. The molecule has 0 heterocycles. The Morgan fingerprint density at radius 1 is 1.37 bits per heavy atom. The maximum absolute atomic E-state index is 11.1. The van der Waals surface area contributed by atoms with E-state index in [0.717, 1.165) is 5.56 Å². The van der Waals surface area contributed by atoms with Gasteiger partial charge in [0, 0.05) is 25.3 Å². The van der Waals surface area contributed by atoms with Gasteiger partial charge in [-0.3, -0.25) is 0 Å². The van der Waals surface area contributed by atoms with E-state index in [1.807, 2.05) is 42.3 Å². The number of nitrogens with two attached hydrogens (primary N) is 1. The number of likely N-dealkylation sites (N-methyl/N-ethyl adjacent to an activating group) is 1. The van der Waals surface area contributed by atoms with E-state index in [9.17, 15) is 8.42 Å². The molecular formula is C13H20N2O2S2. The van der Waals surface area contributed by atoms with Gasteiger partial charge in [-0.2, -0.15) is 0 Å². The highest BCUT2D eigenvalue weighted by Crippen LogP contribution is 2.17. The van der Waals surface area contributed by atoms with Crippen molar-refractivity contribution in [1.82, 2.24) is 4.90 Å². The standard InChI is InChI=1S/C13H20N2O2S2/c1-15(8-9-19(2,16)17)10-12(13(14)18)11-6-4-3-5-7-11/h3-7,12H,8-10H2,1-2H3,(H2,14,18). The van der Waals surface area contributed by atoms with Crippen LogP contribution in [0.25, 0.3) is 0 Å². The minimum atomic E-state index is -2.95. The zero-order valence-electron chi connectivity index (χ0n) is 11.2. The largest absolute Gasteiger partial charge is 0.393 e.